The number of nitrogens with one attached hydrogen (secondary N) is 1. The van der Waals surface area contributed by atoms with Crippen molar-refractivity contribution in [1.82, 2.24) is 9.62 Å². The van der Waals surface area contributed by atoms with Gasteiger partial charge in [0.25, 0.3) is 5.69 Å². The number of hydrogen-bond acceptors (Lipinski definition) is 6. The van der Waals surface area contributed by atoms with Crippen LogP contribution in [-0.4, -0.2) is 43.0 Å². The monoisotopic (exact) mass is 381 g/mol. The van der Waals surface area contributed by atoms with Gasteiger partial charge in [0.2, 0.25) is 10.0 Å². The minimum Gasteiger partial charge on any atom is -0.311 e. The standard InChI is InChI=1S/C16H19N3O4S2/c20-19(21)15-5-2-1-4-14(15)16-7-6-13(24-16)12-17-8-10-18-9-3-11-25(18,22)23/h1-2,4-7,17H,3,8-12H2. The average molecular weight is 381 g/mol. The molecule has 2 heterocycles. The van der Waals surface area contributed by atoms with Crippen molar-refractivity contribution in [1.29, 1.82) is 0 Å². The predicted molar refractivity (Wildman–Crippen MR) is 98.1 cm³/mol. The second kappa shape index (κ2) is 7.61. The number of nitrogens with zero attached hydrogens (tertiary/aromatic N) is 2. The van der Waals surface area contributed by atoms with Crippen molar-refractivity contribution >= 4 is 27.0 Å². The summed E-state index contributed by atoms with van der Waals surface area (Å²) in [4.78, 5) is 12.7. The smallest absolute Gasteiger partial charge is 0.278 e. The SMILES string of the molecule is O=[N+]([O-])c1ccccc1-c1ccc(CNCCN2CCCS2(=O)=O)s1. The predicted octanol–water partition coefficient (Wildman–Crippen LogP) is 2.45. The van der Waals surface area contributed by atoms with E-state index in [1.54, 1.807) is 18.2 Å². The Bertz CT molecular complexity index is 864. The number of sulfonamides is 1. The molecule has 2 aromatic rings. The summed E-state index contributed by atoms with van der Waals surface area (Å²) in [6.07, 6.45) is 0.701. The van der Waals surface area contributed by atoms with E-state index in [4.69, 9.17) is 0 Å². The molecule has 0 bridgehead atoms. The van der Waals surface area contributed by atoms with Gasteiger partial charge in [-0.2, -0.15) is 0 Å². The molecule has 0 saturated carbocycles. The van der Waals surface area contributed by atoms with E-state index in [0.29, 0.717) is 38.2 Å². The summed E-state index contributed by atoms with van der Waals surface area (Å²) in [5.74, 6) is 0.247. The van der Waals surface area contributed by atoms with E-state index in [1.807, 2.05) is 12.1 Å². The quantitative estimate of drug-likeness (QED) is 0.452. The summed E-state index contributed by atoms with van der Waals surface area (Å²) < 4.78 is 25.0. The van der Waals surface area contributed by atoms with Crippen molar-refractivity contribution in [3.8, 4) is 10.4 Å². The van der Waals surface area contributed by atoms with Crippen molar-refractivity contribution in [2.45, 2.75) is 13.0 Å². The fourth-order valence-corrected chi connectivity index (χ4v) is 5.36. The first-order chi connectivity index (χ1) is 12.0. The second-order valence-electron chi connectivity index (χ2n) is 5.79. The van der Waals surface area contributed by atoms with Crippen LogP contribution in [-0.2, 0) is 16.6 Å². The third-order valence-electron chi connectivity index (χ3n) is 4.07. The van der Waals surface area contributed by atoms with Crippen molar-refractivity contribution in [2.75, 3.05) is 25.4 Å². The molecule has 1 N–H and O–H groups in total. The van der Waals surface area contributed by atoms with E-state index in [-0.39, 0.29) is 16.4 Å². The Morgan fingerprint density at radius 3 is 2.76 bits per heavy atom. The van der Waals surface area contributed by atoms with E-state index in [1.165, 1.54) is 21.7 Å². The van der Waals surface area contributed by atoms with Gasteiger partial charge < -0.3 is 5.32 Å². The Labute approximate surface area is 150 Å². The lowest BCUT2D eigenvalue weighted by atomic mass is 10.1. The molecule has 0 amide bonds. The van der Waals surface area contributed by atoms with E-state index < -0.39 is 10.0 Å². The highest BCUT2D eigenvalue weighted by atomic mass is 32.2. The molecule has 3 rings (SSSR count). The molecule has 0 unspecified atom stereocenters. The van der Waals surface area contributed by atoms with Crippen molar-refractivity contribution in [3.05, 3.63) is 51.4 Å². The number of rotatable bonds is 7. The molecule has 1 saturated heterocycles. The van der Waals surface area contributed by atoms with E-state index in [0.717, 1.165) is 9.75 Å². The van der Waals surface area contributed by atoms with Crippen LogP contribution in [0.25, 0.3) is 10.4 Å². The molecule has 0 radical (unpaired) electrons. The van der Waals surface area contributed by atoms with E-state index in [2.05, 4.69) is 5.32 Å². The van der Waals surface area contributed by atoms with Crippen LogP contribution in [0.5, 0.6) is 0 Å². The van der Waals surface area contributed by atoms with Crippen LogP contribution in [0.1, 0.15) is 11.3 Å². The van der Waals surface area contributed by atoms with Crippen molar-refractivity contribution in [2.24, 2.45) is 0 Å². The van der Waals surface area contributed by atoms with Crippen LogP contribution in [0.4, 0.5) is 5.69 Å². The average Bonchev–Trinajstić information content (AvgIpc) is 3.18. The van der Waals surface area contributed by atoms with Gasteiger partial charge in [0.05, 0.1) is 16.2 Å². The molecule has 7 nitrogen and oxygen atoms in total. The third kappa shape index (κ3) is 4.24. The summed E-state index contributed by atoms with van der Waals surface area (Å²) in [7, 11) is -3.04. The van der Waals surface area contributed by atoms with Crippen molar-refractivity contribution in [3.63, 3.8) is 0 Å². The highest BCUT2D eigenvalue weighted by molar-refractivity contribution is 7.89. The van der Waals surface area contributed by atoms with E-state index >= 15 is 0 Å². The maximum Gasteiger partial charge on any atom is 0.278 e. The lowest BCUT2D eigenvalue weighted by Crippen LogP contribution is -2.33. The first-order valence-corrected chi connectivity index (χ1v) is 10.4. The highest BCUT2D eigenvalue weighted by Crippen LogP contribution is 2.34. The van der Waals surface area contributed by atoms with Gasteiger partial charge in [0, 0.05) is 42.0 Å². The molecule has 1 aliphatic rings. The van der Waals surface area contributed by atoms with Gasteiger partial charge in [-0.1, -0.05) is 12.1 Å². The molecular formula is C16H19N3O4S2. The van der Waals surface area contributed by atoms with Crippen LogP contribution in [0.2, 0.25) is 0 Å². The molecule has 134 valence electrons. The highest BCUT2D eigenvalue weighted by Gasteiger charge is 2.27. The Morgan fingerprint density at radius 1 is 1.24 bits per heavy atom. The third-order valence-corrected chi connectivity index (χ3v) is 7.14. The molecule has 1 aromatic carbocycles. The summed E-state index contributed by atoms with van der Waals surface area (Å²) in [5, 5.41) is 14.4. The topological polar surface area (TPSA) is 92.6 Å². The zero-order chi connectivity index (χ0) is 17.9. The van der Waals surface area contributed by atoms with Gasteiger partial charge in [-0.05, 0) is 24.6 Å². The fourth-order valence-electron chi connectivity index (χ4n) is 2.82. The maximum atomic E-state index is 11.7. The lowest BCUT2D eigenvalue weighted by Gasteiger charge is -2.14. The largest absolute Gasteiger partial charge is 0.311 e. The Kier molecular flexibility index (Phi) is 5.48. The van der Waals surface area contributed by atoms with Gasteiger partial charge >= 0.3 is 0 Å². The van der Waals surface area contributed by atoms with Crippen molar-refractivity contribution < 1.29 is 13.3 Å². The van der Waals surface area contributed by atoms with Crippen LogP contribution in [0, 0.1) is 10.1 Å². The molecular weight excluding hydrogens is 362 g/mol. The maximum absolute atomic E-state index is 11.7. The molecule has 0 aliphatic carbocycles. The molecule has 1 fully saturated rings. The number of thiophene rings is 1. The number of hydrogen-bond donors (Lipinski definition) is 1. The van der Waals surface area contributed by atoms with Crippen LogP contribution in [0.15, 0.2) is 36.4 Å². The summed E-state index contributed by atoms with van der Waals surface area (Å²) in [5.41, 5.74) is 0.718. The molecule has 0 spiro atoms. The van der Waals surface area contributed by atoms with Crippen LogP contribution >= 0.6 is 11.3 Å². The van der Waals surface area contributed by atoms with Gasteiger partial charge in [-0.3, -0.25) is 10.1 Å². The normalized spacial score (nSPS) is 17.0. The zero-order valence-corrected chi connectivity index (χ0v) is 15.2. The minimum atomic E-state index is -3.04. The molecule has 1 aromatic heterocycles. The van der Waals surface area contributed by atoms with Crippen LogP contribution < -0.4 is 5.32 Å². The van der Waals surface area contributed by atoms with Gasteiger partial charge in [0.15, 0.2) is 0 Å². The van der Waals surface area contributed by atoms with Crippen LogP contribution in [0.3, 0.4) is 0 Å². The Hall–Kier alpha value is -1.81. The summed E-state index contributed by atoms with van der Waals surface area (Å²) in [6, 6.07) is 10.5. The Morgan fingerprint density at radius 2 is 2.04 bits per heavy atom. The fraction of sp³-hybridized carbons (Fsp3) is 0.375. The van der Waals surface area contributed by atoms with Gasteiger partial charge in [0.1, 0.15) is 0 Å². The number of benzene rings is 1. The molecule has 1 aliphatic heterocycles. The summed E-state index contributed by atoms with van der Waals surface area (Å²) in [6.45, 7) is 2.27. The lowest BCUT2D eigenvalue weighted by molar-refractivity contribution is -0.384. The second-order valence-corrected chi connectivity index (χ2v) is 9.04. The molecule has 9 heteroatoms. The minimum absolute atomic E-state index is 0.100. The molecule has 25 heavy (non-hydrogen) atoms. The first kappa shape index (κ1) is 18.0. The first-order valence-electron chi connectivity index (χ1n) is 7.98. The Balaban J connectivity index is 1.57. The number of nitro benzene ring substituents is 1. The van der Waals surface area contributed by atoms with Gasteiger partial charge in [-0.15, -0.1) is 11.3 Å². The van der Waals surface area contributed by atoms with E-state index in [9.17, 15) is 18.5 Å². The number of para-hydroxylation sites is 1. The molecule has 0 atom stereocenters. The summed E-state index contributed by atoms with van der Waals surface area (Å²) >= 11 is 1.50. The number of nitro groups is 1. The zero-order valence-electron chi connectivity index (χ0n) is 13.6. The van der Waals surface area contributed by atoms with Gasteiger partial charge in [-0.25, -0.2) is 12.7 Å².